The molecule has 9 nitrogen and oxygen atoms in total. The maximum Gasteiger partial charge on any atom is 0.287 e. The molecule has 0 aliphatic heterocycles. The third-order valence-electron chi connectivity index (χ3n) is 4.53. The molecule has 0 saturated carbocycles. The minimum absolute atomic E-state index is 0.0529. The highest BCUT2D eigenvalue weighted by molar-refractivity contribution is 6.36. The first kappa shape index (κ1) is 21.5. The number of benzene rings is 1. The number of H-pyrrole nitrogens is 1. The molecule has 0 radical (unpaired) electrons. The number of aromatic nitrogens is 4. The molecule has 0 aliphatic rings. The number of pyridine rings is 2. The topological polar surface area (TPSA) is 122 Å². The van der Waals surface area contributed by atoms with Crippen molar-refractivity contribution in [3.05, 3.63) is 81.2 Å². The summed E-state index contributed by atoms with van der Waals surface area (Å²) in [6.07, 6.45) is 4.63. The molecule has 0 fully saturated rings. The Morgan fingerprint density at radius 2 is 1.72 bits per heavy atom. The second-order valence-corrected chi connectivity index (χ2v) is 7.51. The van der Waals surface area contributed by atoms with Gasteiger partial charge in [-0.25, -0.2) is 15.0 Å². The third kappa shape index (κ3) is 4.96. The van der Waals surface area contributed by atoms with Gasteiger partial charge in [0.2, 0.25) is 0 Å². The van der Waals surface area contributed by atoms with Gasteiger partial charge in [0.1, 0.15) is 23.7 Å². The van der Waals surface area contributed by atoms with Crippen molar-refractivity contribution in [2.45, 2.75) is 0 Å². The van der Waals surface area contributed by atoms with Crippen LogP contribution in [0, 0.1) is 10.1 Å². The first-order valence-corrected chi connectivity index (χ1v) is 10.3. The molecule has 32 heavy (non-hydrogen) atoms. The van der Waals surface area contributed by atoms with Gasteiger partial charge in [-0.15, -0.1) is 0 Å². The van der Waals surface area contributed by atoms with Crippen LogP contribution in [0.4, 0.5) is 17.3 Å². The number of hydrogen-bond donors (Lipinski definition) is 3. The molecule has 3 aromatic heterocycles. The van der Waals surface area contributed by atoms with E-state index in [1.807, 2.05) is 18.2 Å². The van der Waals surface area contributed by atoms with Crippen molar-refractivity contribution < 1.29 is 4.92 Å². The Morgan fingerprint density at radius 3 is 2.38 bits per heavy atom. The average Bonchev–Trinajstić information content (AvgIpc) is 3.32. The minimum Gasteiger partial charge on any atom is -0.368 e. The summed E-state index contributed by atoms with van der Waals surface area (Å²) < 4.78 is 0. The highest BCUT2D eigenvalue weighted by atomic mass is 35.5. The van der Waals surface area contributed by atoms with Crippen molar-refractivity contribution in [1.29, 1.82) is 0 Å². The number of aromatic amines is 1. The van der Waals surface area contributed by atoms with E-state index >= 15 is 0 Å². The normalized spacial score (nSPS) is 10.7. The highest BCUT2D eigenvalue weighted by Crippen LogP contribution is 2.35. The van der Waals surface area contributed by atoms with Gasteiger partial charge in [0.15, 0.2) is 0 Å². The molecule has 0 atom stereocenters. The van der Waals surface area contributed by atoms with E-state index in [1.165, 1.54) is 12.3 Å². The summed E-state index contributed by atoms with van der Waals surface area (Å²) in [4.78, 5) is 26.4. The van der Waals surface area contributed by atoms with Gasteiger partial charge in [-0.3, -0.25) is 10.1 Å². The molecule has 0 spiro atoms. The van der Waals surface area contributed by atoms with Crippen LogP contribution in [0.25, 0.3) is 22.6 Å². The van der Waals surface area contributed by atoms with Gasteiger partial charge in [0.25, 0.3) is 5.69 Å². The number of imidazole rings is 1. The van der Waals surface area contributed by atoms with Crippen LogP contribution < -0.4 is 10.6 Å². The van der Waals surface area contributed by atoms with Crippen LogP contribution in [0.1, 0.15) is 0 Å². The van der Waals surface area contributed by atoms with Gasteiger partial charge < -0.3 is 15.6 Å². The van der Waals surface area contributed by atoms with Gasteiger partial charge in [-0.05, 0) is 36.4 Å². The van der Waals surface area contributed by atoms with Crippen LogP contribution in [0.5, 0.6) is 0 Å². The first-order valence-electron chi connectivity index (χ1n) is 9.55. The van der Waals surface area contributed by atoms with Gasteiger partial charge in [-0.1, -0.05) is 23.2 Å². The third-order valence-corrected chi connectivity index (χ3v) is 5.08. The highest BCUT2D eigenvalue weighted by Gasteiger charge is 2.15. The Labute approximate surface area is 193 Å². The number of hydrogen-bond acceptors (Lipinski definition) is 7. The Kier molecular flexibility index (Phi) is 6.48. The largest absolute Gasteiger partial charge is 0.368 e. The van der Waals surface area contributed by atoms with Crippen molar-refractivity contribution in [3.8, 4) is 22.6 Å². The lowest BCUT2D eigenvalue weighted by Gasteiger charge is -2.13. The summed E-state index contributed by atoms with van der Waals surface area (Å²) in [5.41, 5.74) is 2.15. The zero-order valence-corrected chi connectivity index (χ0v) is 18.1. The van der Waals surface area contributed by atoms with Crippen molar-refractivity contribution >= 4 is 40.5 Å². The van der Waals surface area contributed by atoms with Crippen molar-refractivity contribution in [3.63, 3.8) is 0 Å². The predicted molar refractivity (Wildman–Crippen MR) is 125 cm³/mol. The number of nitrogens with zero attached hydrogens (tertiary/aromatic N) is 4. The van der Waals surface area contributed by atoms with Crippen LogP contribution in [0.2, 0.25) is 10.0 Å². The predicted octanol–water partition coefficient (Wildman–Crippen LogP) is 5.27. The van der Waals surface area contributed by atoms with E-state index in [1.54, 1.807) is 30.6 Å². The zero-order chi connectivity index (χ0) is 22.5. The summed E-state index contributed by atoms with van der Waals surface area (Å²) in [5, 5.41) is 18.1. The average molecular weight is 470 g/mol. The molecule has 0 bridgehead atoms. The van der Waals surface area contributed by atoms with E-state index in [4.69, 9.17) is 28.2 Å². The standard InChI is InChI=1S/C21H17Cl2N7O2/c22-13-1-3-15(17(23)11-13)20-16(21-26-9-10-27-21)4-6-19(29-20)25-8-7-24-18-5-2-14(12-28-18)30(31)32/h1-6,9-12H,7-8H2,(H,24,28)(H,25,29)(H,26,27). The van der Waals surface area contributed by atoms with Gasteiger partial charge in [0, 0.05) is 47.7 Å². The Balaban J connectivity index is 1.49. The number of rotatable bonds is 8. The van der Waals surface area contributed by atoms with E-state index in [0.29, 0.717) is 46.3 Å². The summed E-state index contributed by atoms with van der Waals surface area (Å²) in [6, 6.07) is 12.0. The van der Waals surface area contributed by atoms with Crippen LogP contribution in [0.15, 0.2) is 61.1 Å². The zero-order valence-electron chi connectivity index (χ0n) is 16.5. The molecule has 0 aliphatic carbocycles. The van der Waals surface area contributed by atoms with Crippen molar-refractivity contribution in [1.82, 2.24) is 19.9 Å². The molecule has 3 N–H and O–H groups in total. The first-order chi connectivity index (χ1) is 15.5. The number of nitro groups is 1. The second-order valence-electron chi connectivity index (χ2n) is 6.67. The molecule has 3 heterocycles. The summed E-state index contributed by atoms with van der Waals surface area (Å²) in [7, 11) is 0. The molecular formula is C21H17Cl2N7O2. The minimum atomic E-state index is -0.485. The second kappa shape index (κ2) is 9.63. The van der Waals surface area contributed by atoms with Crippen LogP contribution in [0.3, 0.4) is 0 Å². The number of nitrogens with one attached hydrogen (secondary N) is 3. The Hall–Kier alpha value is -3.69. The fraction of sp³-hybridized carbons (Fsp3) is 0.0952. The molecule has 0 unspecified atom stereocenters. The van der Waals surface area contributed by atoms with Crippen molar-refractivity contribution in [2.24, 2.45) is 0 Å². The maximum atomic E-state index is 10.7. The quantitative estimate of drug-likeness (QED) is 0.182. The van der Waals surface area contributed by atoms with E-state index in [-0.39, 0.29) is 5.69 Å². The summed E-state index contributed by atoms with van der Waals surface area (Å²) in [6.45, 7) is 1.07. The van der Waals surface area contributed by atoms with Crippen LogP contribution >= 0.6 is 23.2 Å². The fourth-order valence-electron chi connectivity index (χ4n) is 3.03. The van der Waals surface area contributed by atoms with Crippen LogP contribution in [-0.4, -0.2) is 37.9 Å². The van der Waals surface area contributed by atoms with Crippen molar-refractivity contribution in [2.75, 3.05) is 23.7 Å². The monoisotopic (exact) mass is 469 g/mol. The number of anilines is 2. The molecule has 162 valence electrons. The molecule has 0 amide bonds. The molecule has 1 aromatic carbocycles. The fourth-order valence-corrected chi connectivity index (χ4v) is 3.53. The lowest BCUT2D eigenvalue weighted by Crippen LogP contribution is -2.15. The summed E-state index contributed by atoms with van der Waals surface area (Å²) >= 11 is 12.5. The lowest BCUT2D eigenvalue weighted by atomic mass is 10.0. The van der Waals surface area contributed by atoms with E-state index < -0.39 is 4.92 Å². The van der Waals surface area contributed by atoms with E-state index in [9.17, 15) is 10.1 Å². The molecule has 11 heteroatoms. The van der Waals surface area contributed by atoms with E-state index in [0.717, 1.165) is 11.1 Å². The Bertz CT molecular complexity index is 1230. The lowest BCUT2D eigenvalue weighted by molar-refractivity contribution is -0.385. The SMILES string of the molecule is O=[N+]([O-])c1ccc(NCCNc2ccc(-c3ncc[nH]3)c(-c3ccc(Cl)cc3Cl)n2)nc1. The van der Waals surface area contributed by atoms with E-state index in [2.05, 4.69) is 25.6 Å². The molecule has 4 rings (SSSR count). The van der Waals surface area contributed by atoms with Crippen LogP contribution in [-0.2, 0) is 0 Å². The van der Waals surface area contributed by atoms with Gasteiger partial charge in [-0.2, -0.15) is 0 Å². The molecule has 4 aromatic rings. The summed E-state index contributed by atoms with van der Waals surface area (Å²) in [5.74, 6) is 1.88. The smallest absolute Gasteiger partial charge is 0.287 e. The van der Waals surface area contributed by atoms with Gasteiger partial charge in [0.05, 0.1) is 15.6 Å². The van der Waals surface area contributed by atoms with Gasteiger partial charge >= 0.3 is 0 Å². The number of halogens is 2. The molecule has 0 saturated heterocycles. The Morgan fingerprint density at radius 1 is 0.969 bits per heavy atom. The molecular weight excluding hydrogens is 453 g/mol. The maximum absolute atomic E-state index is 10.7.